The number of benzene rings is 1. The van der Waals surface area contributed by atoms with Gasteiger partial charge in [0.2, 0.25) is 5.72 Å². The fraction of sp³-hybridized carbons (Fsp3) is 0.182. The summed E-state index contributed by atoms with van der Waals surface area (Å²) in [5, 5.41) is 12.5. The maximum atomic E-state index is 10.5. The number of nitrogens with one attached hydrogen (secondary N) is 1. The molecule has 4 heteroatoms. The molecule has 0 bridgehead atoms. The fourth-order valence-corrected chi connectivity index (χ4v) is 1.49. The average Bonchev–Trinajstić information content (AvgIpc) is 2.66. The molecule has 1 aromatic rings. The maximum Gasteiger partial charge on any atom is 0.203 e. The predicted octanol–water partition coefficient (Wildman–Crippen LogP) is 1.47. The minimum Gasteiger partial charge on any atom is -0.507 e. The van der Waals surface area contributed by atoms with Gasteiger partial charge in [-0.2, -0.15) is 0 Å². The first-order chi connectivity index (χ1) is 7.15. The third-order valence-corrected chi connectivity index (χ3v) is 2.44. The highest BCUT2D eigenvalue weighted by atomic mass is 16.5. The molecule has 1 unspecified atom stereocenters. The van der Waals surface area contributed by atoms with E-state index in [1.807, 2.05) is 6.92 Å². The number of phenolic OH excluding ortho intramolecular Hbond substituents is 1. The van der Waals surface area contributed by atoms with Crippen LogP contribution >= 0.6 is 0 Å². The second-order valence-electron chi connectivity index (χ2n) is 3.49. The molecular weight excluding hydrogens is 194 g/mol. The first-order valence-electron chi connectivity index (χ1n) is 4.55. The molecule has 2 rings (SSSR count). The van der Waals surface area contributed by atoms with Crippen LogP contribution in [0.25, 0.3) is 0 Å². The molecule has 1 atom stereocenters. The largest absolute Gasteiger partial charge is 0.507 e. The van der Waals surface area contributed by atoms with Crippen molar-refractivity contribution < 1.29 is 14.6 Å². The fourth-order valence-electron chi connectivity index (χ4n) is 1.49. The zero-order valence-corrected chi connectivity index (χ0v) is 8.23. The average molecular weight is 205 g/mol. The lowest BCUT2D eigenvalue weighted by Gasteiger charge is -2.25. The molecule has 15 heavy (non-hydrogen) atoms. The molecule has 0 saturated carbocycles. The molecule has 0 fully saturated rings. The summed E-state index contributed by atoms with van der Waals surface area (Å²) in [5.41, 5.74) is 0.364. The van der Waals surface area contributed by atoms with Crippen LogP contribution in [-0.2, 0) is 10.5 Å². The number of rotatable bonds is 2. The lowest BCUT2D eigenvalue weighted by Crippen LogP contribution is -2.33. The van der Waals surface area contributed by atoms with Crippen LogP contribution in [0, 0.1) is 0 Å². The van der Waals surface area contributed by atoms with Crippen molar-refractivity contribution in [2.75, 3.05) is 0 Å². The molecule has 0 aromatic heterocycles. The van der Waals surface area contributed by atoms with Gasteiger partial charge in [-0.1, -0.05) is 6.07 Å². The van der Waals surface area contributed by atoms with Crippen molar-refractivity contribution in [3.63, 3.8) is 0 Å². The Morgan fingerprint density at radius 2 is 2.33 bits per heavy atom. The molecule has 0 radical (unpaired) electrons. The van der Waals surface area contributed by atoms with Gasteiger partial charge in [0, 0.05) is 11.8 Å². The molecule has 1 aliphatic heterocycles. The summed E-state index contributed by atoms with van der Waals surface area (Å²) in [7, 11) is 0. The van der Waals surface area contributed by atoms with Gasteiger partial charge in [0.1, 0.15) is 12.0 Å². The summed E-state index contributed by atoms with van der Waals surface area (Å²) in [6, 6.07) is 4.82. The van der Waals surface area contributed by atoms with Crippen molar-refractivity contribution in [3.05, 3.63) is 41.8 Å². The van der Waals surface area contributed by atoms with Crippen LogP contribution in [0.2, 0.25) is 0 Å². The highest BCUT2D eigenvalue weighted by molar-refractivity contribution is 5.79. The second-order valence-corrected chi connectivity index (χ2v) is 3.49. The second kappa shape index (κ2) is 3.31. The molecule has 2 N–H and O–H groups in total. The minimum atomic E-state index is -0.668. The molecule has 0 amide bonds. The Balaban J connectivity index is 2.38. The van der Waals surface area contributed by atoms with E-state index in [1.165, 1.54) is 6.07 Å². The van der Waals surface area contributed by atoms with Crippen LogP contribution in [0.4, 0.5) is 0 Å². The number of ether oxygens (including phenoxy) is 1. The highest BCUT2D eigenvalue weighted by Gasteiger charge is 2.29. The lowest BCUT2D eigenvalue weighted by molar-refractivity contribution is 0.0399. The van der Waals surface area contributed by atoms with Crippen LogP contribution in [-0.4, -0.2) is 11.4 Å². The summed E-state index contributed by atoms with van der Waals surface area (Å²) < 4.78 is 5.36. The number of carbonyl (C=O) groups is 1. The first kappa shape index (κ1) is 9.58. The number of phenols is 1. The first-order valence-corrected chi connectivity index (χ1v) is 4.55. The summed E-state index contributed by atoms with van der Waals surface area (Å²) in [5.74, 6) is -0.0407. The normalized spacial score (nSPS) is 23.3. The lowest BCUT2D eigenvalue weighted by atomic mass is 10.0. The molecule has 4 nitrogen and oxygen atoms in total. The van der Waals surface area contributed by atoms with Crippen LogP contribution < -0.4 is 5.32 Å². The van der Waals surface area contributed by atoms with E-state index in [0.29, 0.717) is 6.29 Å². The van der Waals surface area contributed by atoms with Crippen LogP contribution in [0.15, 0.2) is 30.7 Å². The van der Waals surface area contributed by atoms with Gasteiger partial charge >= 0.3 is 0 Å². The van der Waals surface area contributed by atoms with Gasteiger partial charge in [0.05, 0.1) is 5.56 Å². The number of carbonyl (C=O) groups excluding carboxylic acids is 1. The van der Waals surface area contributed by atoms with Gasteiger partial charge in [-0.15, -0.1) is 0 Å². The van der Waals surface area contributed by atoms with Crippen molar-refractivity contribution >= 4 is 6.29 Å². The van der Waals surface area contributed by atoms with Crippen molar-refractivity contribution in [2.45, 2.75) is 12.6 Å². The van der Waals surface area contributed by atoms with Crippen LogP contribution in [0.3, 0.4) is 0 Å². The van der Waals surface area contributed by atoms with Gasteiger partial charge in [0.25, 0.3) is 0 Å². The van der Waals surface area contributed by atoms with E-state index in [4.69, 9.17) is 4.74 Å². The Labute approximate surface area is 87.2 Å². The van der Waals surface area contributed by atoms with E-state index in [-0.39, 0.29) is 11.3 Å². The van der Waals surface area contributed by atoms with Crippen molar-refractivity contribution in [3.8, 4) is 5.75 Å². The van der Waals surface area contributed by atoms with E-state index >= 15 is 0 Å². The molecule has 1 aromatic carbocycles. The zero-order valence-electron chi connectivity index (χ0n) is 8.23. The molecule has 0 aliphatic carbocycles. The molecule has 0 saturated heterocycles. The quantitative estimate of drug-likeness (QED) is 0.718. The van der Waals surface area contributed by atoms with E-state index in [2.05, 4.69) is 5.32 Å². The Morgan fingerprint density at radius 1 is 1.53 bits per heavy atom. The predicted molar refractivity (Wildman–Crippen MR) is 54.2 cm³/mol. The topological polar surface area (TPSA) is 58.6 Å². The number of hydrogen-bond donors (Lipinski definition) is 2. The Hall–Kier alpha value is -1.97. The van der Waals surface area contributed by atoms with Gasteiger partial charge in [-0.05, 0) is 19.1 Å². The molecule has 1 heterocycles. The molecular formula is C11H11NO3. The third-order valence-electron chi connectivity index (χ3n) is 2.44. The standard InChI is InChI=1S/C11H11NO3/c1-11(12-4-5-15-11)9-3-2-8(7-13)10(14)6-9/h2-7,12,14H,1H3. The van der Waals surface area contributed by atoms with Crippen LogP contribution in [0.1, 0.15) is 22.8 Å². The van der Waals surface area contributed by atoms with Crippen molar-refractivity contribution in [1.29, 1.82) is 0 Å². The molecule has 78 valence electrons. The van der Waals surface area contributed by atoms with E-state index < -0.39 is 5.72 Å². The van der Waals surface area contributed by atoms with Gasteiger partial charge < -0.3 is 15.2 Å². The van der Waals surface area contributed by atoms with Crippen LogP contribution in [0.5, 0.6) is 5.75 Å². The monoisotopic (exact) mass is 205 g/mol. The summed E-state index contributed by atoms with van der Waals surface area (Å²) in [6.45, 7) is 1.84. The van der Waals surface area contributed by atoms with Gasteiger partial charge in [-0.3, -0.25) is 4.79 Å². The smallest absolute Gasteiger partial charge is 0.203 e. The Kier molecular flexibility index (Phi) is 2.11. The third kappa shape index (κ3) is 1.54. The van der Waals surface area contributed by atoms with E-state index in [9.17, 15) is 9.90 Å². The van der Waals surface area contributed by atoms with Gasteiger partial charge in [0.15, 0.2) is 6.29 Å². The Morgan fingerprint density at radius 3 is 2.87 bits per heavy atom. The Bertz CT molecular complexity index is 418. The SMILES string of the molecule is CC1(c2ccc(C=O)c(O)c2)NC=CO1. The number of hydrogen-bond acceptors (Lipinski definition) is 4. The number of aromatic hydroxyl groups is 1. The van der Waals surface area contributed by atoms with Crippen molar-refractivity contribution in [1.82, 2.24) is 5.32 Å². The minimum absolute atomic E-state index is 0.0407. The molecule has 1 aliphatic rings. The maximum absolute atomic E-state index is 10.5. The summed E-state index contributed by atoms with van der Waals surface area (Å²) in [4.78, 5) is 10.5. The van der Waals surface area contributed by atoms with Crippen molar-refractivity contribution in [2.24, 2.45) is 0 Å². The van der Waals surface area contributed by atoms with E-state index in [0.717, 1.165) is 5.56 Å². The molecule has 0 spiro atoms. The zero-order chi connectivity index (χ0) is 10.9. The summed E-state index contributed by atoms with van der Waals surface area (Å²) in [6.07, 6.45) is 3.85. The van der Waals surface area contributed by atoms with Gasteiger partial charge in [-0.25, -0.2) is 0 Å². The highest BCUT2D eigenvalue weighted by Crippen LogP contribution is 2.29. The number of aldehydes is 1. The summed E-state index contributed by atoms with van der Waals surface area (Å²) >= 11 is 0. The van der Waals surface area contributed by atoms with E-state index in [1.54, 1.807) is 24.6 Å².